The van der Waals surface area contributed by atoms with Crippen molar-refractivity contribution in [2.45, 2.75) is 26.8 Å². The molecular weight excluding hydrogens is 354 g/mol. The highest BCUT2D eigenvalue weighted by atomic mass is 35.5. The minimum absolute atomic E-state index is 0.0246. The first-order valence-electron chi connectivity index (χ1n) is 8.03. The van der Waals surface area contributed by atoms with Crippen molar-refractivity contribution in [3.05, 3.63) is 52.9 Å². The van der Waals surface area contributed by atoms with Crippen LogP contribution in [0.15, 0.2) is 36.8 Å². The van der Waals surface area contributed by atoms with Crippen molar-refractivity contribution in [3.8, 4) is 11.3 Å². The molecule has 8 heteroatoms. The molecule has 3 aromatic heterocycles. The number of aromatic nitrogens is 4. The van der Waals surface area contributed by atoms with Gasteiger partial charge in [0, 0.05) is 18.0 Å². The van der Waals surface area contributed by atoms with Crippen molar-refractivity contribution in [2.75, 3.05) is 5.32 Å². The van der Waals surface area contributed by atoms with Gasteiger partial charge in [0.15, 0.2) is 0 Å². The molecule has 0 unspecified atom stereocenters. The Morgan fingerprint density at radius 3 is 2.77 bits per heavy atom. The summed E-state index contributed by atoms with van der Waals surface area (Å²) in [5.41, 5.74) is 3.53. The van der Waals surface area contributed by atoms with Crippen molar-refractivity contribution >= 4 is 29.2 Å². The number of nitrogens with one attached hydrogen (secondary N) is 1. The lowest BCUT2D eigenvalue weighted by molar-refractivity contribution is -0.137. The lowest BCUT2D eigenvalue weighted by Crippen LogP contribution is -2.04. The maximum atomic E-state index is 10.7. The second kappa shape index (κ2) is 7.53. The van der Waals surface area contributed by atoms with Gasteiger partial charge in [-0.05, 0) is 43.2 Å². The third kappa shape index (κ3) is 4.37. The standard InChI is InChI=1S/C18H18ClN5O2/c1-11-5-15(13-8-21-24(10-13)4-3-18(25)26)22-17(6-11)23-16-7-12(2)14(19)9-20-16/h5-10H,3-4H2,1-2H3,(H,25,26)(H,20,22,23). The van der Waals surface area contributed by atoms with Gasteiger partial charge in [-0.25, -0.2) is 9.97 Å². The monoisotopic (exact) mass is 371 g/mol. The summed E-state index contributed by atoms with van der Waals surface area (Å²) in [5, 5.41) is 16.8. The van der Waals surface area contributed by atoms with Crippen molar-refractivity contribution in [3.63, 3.8) is 0 Å². The number of aryl methyl sites for hydroxylation is 3. The molecule has 2 N–H and O–H groups in total. The van der Waals surface area contributed by atoms with Crippen molar-refractivity contribution in [1.82, 2.24) is 19.7 Å². The molecule has 3 heterocycles. The molecule has 0 saturated heterocycles. The summed E-state index contributed by atoms with van der Waals surface area (Å²) in [6, 6.07) is 5.73. The molecule has 0 fully saturated rings. The summed E-state index contributed by atoms with van der Waals surface area (Å²) in [5.74, 6) is 0.466. The minimum atomic E-state index is -0.854. The van der Waals surface area contributed by atoms with Crippen molar-refractivity contribution in [2.24, 2.45) is 0 Å². The summed E-state index contributed by atoms with van der Waals surface area (Å²) in [4.78, 5) is 19.5. The minimum Gasteiger partial charge on any atom is -0.481 e. The van der Waals surface area contributed by atoms with E-state index in [1.54, 1.807) is 23.3 Å². The Morgan fingerprint density at radius 1 is 1.23 bits per heavy atom. The Balaban J connectivity index is 1.83. The van der Waals surface area contributed by atoms with Crippen LogP contribution in [0.4, 0.5) is 11.6 Å². The largest absolute Gasteiger partial charge is 0.481 e. The highest BCUT2D eigenvalue weighted by Gasteiger charge is 2.08. The maximum absolute atomic E-state index is 10.7. The molecule has 0 aliphatic rings. The number of carboxylic acids is 1. The summed E-state index contributed by atoms with van der Waals surface area (Å²) in [6.45, 7) is 4.21. The Labute approximate surface area is 155 Å². The van der Waals surface area contributed by atoms with Crippen LogP contribution in [0.5, 0.6) is 0 Å². The van der Waals surface area contributed by atoms with Gasteiger partial charge in [-0.3, -0.25) is 9.48 Å². The number of hydrogen-bond donors (Lipinski definition) is 2. The fraction of sp³-hybridized carbons (Fsp3) is 0.222. The third-order valence-electron chi connectivity index (χ3n) is 3.76. The van der Waals surface area contributed by atoms with Crippen molar-refractivity contribution < 1.29 is 9.90 Å². The smallest absolute Gasteiger partial charge is 0.305 e. The van der Waals surface area contributed by atoms with Gasteiger partial charge in [-0.15, -0.1) is 0 Å². The number of carboxylic acid groups (broad SMARTS) is 1. The van der Waals surface area contributed by atoms with Crippen LogP contribution in [-0.2, 0) is 11.3 Å². The quantitative estimate of drug-likeness (QED) is 0.684. The van der Waals surface area contributed by atoms with Crippen LogP contribution in [-0.4, -0.2) is 30.8 Å². The van der Waals surface area contributed by atoms with Gasteiger partial charge < -0.3 is 10.4 Å². The highest BCUT2D eigenvalue weighted by Crippen LogP contribution is 2.23. The van der Waals surface area contributed by atoms with E-state index < -0.39 is 5.97 Å². The second-order valence-corrected chi connectivity index (χ2v) is 6.40. The maximum Gasteiger partial charge on any atom is 0.305 e. The molecule has 0 saturated carbocycles. The van der Waals surface area contributed by atoms with Gasteiger partial charge in [-0.2, -0.15) is 5.10 Å². The predicted molar refractivity (Wildman–Crippen MR) is 99.7 cm³/mol. The summed E-state index contributed by atoms with van der Waals surface area (Å²) in [7, 11) is 0. The Morgan fingerprint density at radius 2 is 2.04 bits per heavy atom. The molecule has 134 valence electrons. The van der Waals surface area contributed by atoms with E-state index in [0.717, 1.165) is 22.4 Å². The Bertz CT molecular complexity index is 955. The van der Waals surface area contributed by atoms with E-state index in [0.29, 0.717) is 23.2 Å². The van der Waals surface area contributed by atoms with E-state index >= 15 is 0 Å². The van der Waals surface area contributed by atoms with E-state index in [1.165, 1.54) is 0 Å². The molecule has 0 radical (unpaired) electrons. The molecule has 0 aliphatic carbocycles. The second-order valence-electron chi connectivity index (χ2n) is 5.99. The fourth-order valence-corrected chi connectivity index (χ4v) is 2.55. The van der Waals surface area contributed by atoms with E-state index in [4.69, 9.17) is 16.7 Å². The zero-order valence-electron chi connectivity index (χ0n) is 14.4. The first-order chi connectivity index (χ1) is 12.4. The average Bonchev–Trinajstić information content (AvgIpc) is 3.05. The first kappa shape index (κ1) is 17.9. The summed E-state index contributed by atoms with van der Waals surface area (Å²) < 4.78 is 1.60. The number of aliphatic carboxylic acids is 1. The van der Waals surface area contributed by atoms with Gasteiger partial charge >= 0.3 is 5.97 Å². The summed E-state index contributed by atoms with van der Waals surface area (Å²) in [6.07, 6.45) is 5.09. The molecular formula is C18H18ClN5O2. The molecule has 0 atom stereocenters. The van der Waals surface area contributed by atoms with Gasteiger partial charge in [-0.1, -0.05) is 11.6 Å². The molecule has 0 aliphatic heterocycles. The van der Waals surface area contributed by atoms with Gasteiger partial charge in [0.2, 0.25) is 0 Å². The fourth-order valence-electron chi connectivity index (χ4n) is 2.45. The van der Waals surface area contributed by atoms with Crippen LogP contribution in [0.3, 0.4) is 0 Å². The summed E-state index contributed by atoms with van der Waals surface area (Å²) >= 11 is 6.01. The van der Waals surface area contributed by atoms with Gasteiger partial charge in [0.05, 0.1) is 29.9 Å². The molecule has 3 rings (SSSR count). The number of carbonyl (C=O) groups is 1. The lowest BCUT2D eigenvalue weighted by Gasteiger charge is -2.09. The zero-order valence-corrected chi connectivity index (χ0v) is 15.2. The lowest BCUT2D eigenvalue weighted by atomic mass is 10.2. The average molecular weight is 372 g/mol. The topological polar surface area (TPSA) is 92.9 Å². The number of nitrogens with zero attached hydrogens (tertiary/aromatic N) is 4. The third-order valence-corrected chi connectivity index (χ3v) is 4.15. The SMILES string of the molecule is Cc1cc(Nc2cc(C)c(Cl)cn2)nc(-c2cnn(CCC(=O)O)c2)c1. The molecule has 0 spiro atoms. The molecule has 0 bridgehead atoms. The first-order valence-corrected chi connectivity index (χ1v) is 8.41. The number of pyridine rings is 2. The number of hydrogen-bond acceptors (Lipinski definition) is 5. The zero-order chi connectivity index (χ0) is 18.7. The number of anilines is 2. The van der Waals surface area contributed by atoms with Crippen LogP contribution >= 0.6 is 11.6 Å². The van der Waals surface area contributed by atoms with Crippen LogP contribution in [0.1, 0.15) is 17.5 Å². The van der Waals surface area contributed by atoms with Gasteiger partial charge in [0.1, 0.15) is 11.6 Å². The van der Waals surface area contributed by atoms with Crippen LogP contribution < -0.4 is 5.32 Å². The van der Waals surface area contributed by atoms with E-state index in [1.807, 2.05) is 32.0 Å². The molecule has 0 aromatic carbocycles. The number of rotatable bonds is 6. The molecule has 26 heavy (non-hydrogen) atoms. The Kier molecular flexibility index (Phi) is 5.18. The molecule has 7 nitrogen and oxygen atoms in total. The highest BCUT2D eigenvalue weighted by molar-refractivity contribution is 6.31. The molecule has 0 amide bonds. The number of halogens is 1. The van der Waals surface area contributed by atoms with E-state index in [9.17, 15) is 4.79 Å². The normalized spacial score (nSPS) is 10.7. The van der Waals surface area contributed by atoms with Crippen molar-refractivity contribution in [1.29, 1.82) is 0 Å². The van der Waals surface area contributed by atoms with Crippen LogP contribution in [0, 0.1) is 13.8 Å². The van der Waals surface area contributed by atoms with Crippen LogP contribution in [0.2, 0.25) is 5.02 Å². The molecule has 3 aromatic rings. The predicted octanol–water partition coefficient (Wildman–Crippen LogP) is 3.83. The van der Waals surface area contributed by atoms with Crippen LogP contribution in [0.25, 0.3) is 11.3 Å². The van der Waals surface area contributed by atoms with Gasteiger partial charge in [0.25, 0.3) is 0 Å². The van der Waals surface area contributed by atoms with E-state index in [-0.39, 0.29) is 6.42 Å². The Hall–Kier alpha value is -2.93. The van der Waals surface area contributed by atoms with E-state index in [2.05, 4.69) is 20.4 Å².